The number of hydrogen-bond acceptors (Lipinski definition) is 4. The molecule has 4 nitrogen and oxygen atoms in total. The molecular weight excluding hydrogens is 252 g/mol. The van der Waals surface area contributed by atoms with Gasteiger partial charge in [0.1, 0.15) is 15.6 Å². The average molecular weight is 272 g/mol. The fourth-order valence-corrected chi connectivity index (χ4v) is 2.25. The van der Waals surface area contributed by atoms with E-state index < -0.39 is 15.9 Å². The van der Waals surface area contributed by atoms with Crippen LogP contribution < -0.4 is 4.74 Å². The van der Waals surface area contributed by atoms with E-state index >= 15 is 0 Å². The van der Waals surface area contributed by atoms with Crippen molar-refractivity contribution >= 4 is 9.84 Å². The van der Waals surface area contributed by atoms with E-state index in [-0.39, 0.29) is 5.75 Å². The van der Waals surface area contributed by atoms with Gasteiger partial charge in [0.25, 0.3) is 0 Å². The molecule has 1 atom stereocenters. The van der Waals surface area contributed by atoms with Crippen LogP contribution in [0.3, 0.4) is 0 Å². The van der Waals surface area contributed by atoms with Gasteiger partial charge in [-0.1, -0.05) is 25.1 Å². The molecule has 0 unspecified atom stereocenters. The van der Waals surface area contributed by atoms with Gasteiger partial charge in [-0.3, -0.25) is 0 Å². The van der Waals surface area contributed by atoms with Gasteiger partial charge in [0.15, 0.2) is 0 Å². The van der Waals surface area contributed by atoms with Crippen LogP contribution in [-0.2, 0) is 9.84 Å². The van der Waals surface area contributed by atoms with Crippen LogP contribution in [0.2, 0.25) is 0 Å². The molecule has 1 aromatic rings. The van der Waals surface area contributed by atoms with Gasteiger partial charge in [0, 0.05) is 11.8 Å². The minimum Gasteiger partial charge on any atom is -0.493 e. The number of rotatable bonds is 7. The molecule has 0 spiro atoms. The highest BCUT2D eigenvalue weighted by Crippen LogP contribution is 2.26. The van der Waals surface area contributed by atoms with Crippen LogP contribution in [0.25, 0.3) is 0 Å². The van der Waals surface area contributed by atoms with Crippen LogP contribution in [0.5, 0.6) is 5.75 Å². The Morgan fingerprint density at radius 1 is 1.33 bits per heavy atom. The molecule has 0 amide bonds. The summed E-state index contributed by atoms with van der Waals surface area (Å²) < 4.78 is 27.5. The molecule has 0 heterocycles. The summed E-state index contributed by atoms with van der Waals surface area (Å²) in [7, 11) is -2.94. The summed E-state index contributed by atoms with van der Waals surface area (Å²) in [5.74, 6) is 0.742. The van der Waals surface area contributed by atoms with Gasteiger partial charge in [0.05, 0.1) is 18.5 Å². The second kappa shape index (κ2) is 6.75. The quantitative estimate of drug-likeness (QED) is 0.770. The van der Waals surface area contributed by atoms with Crippen LogP contribution in [0.15, 0.2) is 24.3 Å². The minimum atomic E-state index is -2.94. The average Bonchev–Trinajstić information content (AvgIpc) is 2.33. The lowest BCUT2D eigenvalue weighted by molar-refractivity contribution is 0.167. The lowest BCUT2D eigenvalue weighted by atomic mass is 10.1. The molecule has 0 bridgehead atoms. The molecule has 0 aliphatic heterocycles. The zero-order valence-corrected chi connectivity index (χ0v) is 11.6. The zero-order chi connectivity index (χ0) is 13.6. The van der Waals surface area contributed by atoms with Gasteiger partial charge in [-0.15, -0.1) is 0 Å². The Morgan fingerprint density at radius 2 is 2.00 bits per heavy atom. The Balaban J connectivity index is 2.57. The maximum absolute atomic E-state index is 11.0. The molecule has 18 heavy (non-hydrogen) atoms. The molecule has 102 valence electrons. The monoisotopic (exact) mass is 272 g/mol. The van der Waals surface area contributed by atoms with Crippen molar-refractivity contribution in [3.8, 4) is 5.75 Å². The van der Waals surface area contributed by atoms with E-state index in [1.807, 2.05) is 25.1 Å². The Morgan fingerprint density at radius 3 is 2.61 bits per heavy atom. The Hall–Kier alpha value is -1.07. The third kappa shape index (κ3) is 5.06. The molecule has 1 rings (SSSR count). The van der Waals surface area contributed by atoms with Gasteiger partial charge < -0.3 is 9.84 Å². The van der Waals surface area contributed by atoms with E-state index in [2.05, 4.69) is 0 Å². The third-order valence-corrected chi connectivity index (χ3v) is 3.61. The first-order valence-electron chi connectivity index (χ1n) is 6.01. The fraction of sp³-hybridized carbons (Fsp3) is 0.538. The maximum atomic E-state index is 11.0. The van der Waals surface area contributed by atoms with E-state index in [0.717, 1.165) is 5.56 Å². The van der Waals surface area contributed by atoms with E-state index in [0.29, 0.717) is 25.2 Å². The Kier molecular flexibility index (Phi) is 5.62. The minimum absolute atomic E-state index is 0.117. The predicted molar refractivity (Wildman–Crippen MR) is 71.5 cm³/mol. The first kappa shape index (κ1) is 15.0. The Bertz CT molecular complexity index is 468. The SMILES string of the molecule is CC[C@@H](O)c1ccccc1OCCCS(C)(=O)=O. The van der Waals surface area contributed by atoms with E-state index in [4.69, 9.17) is 4.74 Å². The van der Waals surface area contributed by atoms with Gasteiger partial charge in [-0.05, 0) is 18.9 Å². The molecule has 0 saturated carbocycles. The van der Waals surface area contributed by atoms with Crippen molar-refractivity contribution in [1.82, 2.24) is 0 Å². The summed E-state index contributed by atoms with van der Waals surface area (Å²) in [6, 6.07) is 7.28. The maximum Gasteiger partial charge on any atom is 0.147 e. The third-order valence-electron chi connectivity index (χ3n) is 2.58. The van der Waals surface area contributed by atoms with Crippen LogP contribution in [-0.4, -0.2) is 32.1 Å². The second-order valence-electron chi connectivity index (χ2n) is 4.29. The molecule has 1 N–H and O–H groups in total. The van der Waals surface area contributed by atoms with Crippen molar-refractivity contribution in [3.05, 3.63) is 29.8 Å². The van der Waals surface area contributed by atoms with Crippen molar-refractivity contribution in [1.29, 1.82) is 0 Å². The number of aliphatic hydroxyl groups is 1. The smallest absolute Gasteiger partial charge is 0.147 e. The van der Waals surface area contributed by atoms with Crippen LogP contribution in [0, 0.1) is 0 Å². The van der Waals surface area contributed by atoms with Gasteiger partial charge in [-0.2, -0.15) is 0 Å². The molecule has 0 fully saturated rings. The van der Waals surface area contributed by atoms with E-state index in [1.54, 1.807) is 6.07 Å². The summed E-state index contributed by atoms with van der Waals surface area (Å²) in [4.78, 5) is 0. The van der Waals surface area contributed by atoms with Gasteiger partial charge in [0.2, 0.25) is 0 Å². The number of sulfone groups is 1. The zero-order valence-electron chi connectivity index (χ0n) is 10.8. The summed E-state index contributed by atoms with van der Waals surface area (Å²) in [6.45, 7) is 2.23. The number of para-hydroxylation sites is 1. The predicted octanol–water partition coefficient (Wildman–Crippen LogP) is 1.94. The van der Waals surface area contributed by atoms with Gasteiger partial charge in [-0.25, -0.2) is 8.42 Å². The first-order valence-corrected chi connectivity index (χ1v) is 8.07. The van der Waals surface area contributed by atoms with Crippen molar-refractivity contribution in [3.63, 3.8) is 0 Å². The lowest BCUT2D eigenvalue weighted by Crippen LogP contribution is -2.09. The van der Waals surface area contributed by atoms with E-state index in [1.165, 1.54) is 6.26 Å². The number of aliphatic hydroxyl groups excluding tert-OH is 1. The summed E-state index contributed by atoms with van der Waals surface area (Å²) in [5, 5.41) is 9.82. The lowest BCUT2D eigenvalue weighted by Gasteiger charge is -2.14. The topological polar surface area (TPSA) is 63.6 Å². The molecule has 5 heteroatoms. The number of benzene rings is 1. The number of ether oxygens (including phenoxy) is 1. The molecule has 0 radical (unpaired) electrons. The highest BCUT2D eigenvalue weighted by molar-refractivity contribution is 7.90. The molecule has 1 aromatic carbocycles. The van der Waals surface area contributed by atoms with Crippen LogP contribution in [0.4, 0.5) is 0 Å². The normalized spacial score (nSPS) is 13.3. The molecule has 0 aliphatic rings. The Labute approximate surface area is 109 Å². The molecule has 0 saturated heterocycles. The van der Waals surface area contributed by atoms with E-state index in [9.17, 15) is 13.5 Å². The molecule has 0 aromatic heterocycles. The van der Waals surface area contributed by atoms with Crippen molar-refractivity contribution in [2.75, 3.05) is 18.6 Å². The van der Waals surface area contributed by atoms with Crippen molar-refractivity contribution in [2.24, 2.45) is 0 Å². The highest BCUT2D eigenvalue weighted by atomic mass is 32.2. The standard InChI is InChI=1S/C13H20O4S/c1-3-12(14)11-7-4-5-8-13(11)17-9-6-10-18(2,15)16/h4-5,7-8,12,14H,3,6,9-10H2,1-2H3/t12-/m1/s1. The number of hydrogen-bond donors (Lipinski definition) is 1. The van der Waals surface area contributed by atoms with Crippen molar-refractivity contribution < 1.29 is 18.3 Å². The van der Waals surface area contributed by atoms with Gasteiger partial charge >= 0.3 is 0 Å². The first-order chi connectivity index (χ1) is 8.44. The summed E-state index contributed by atoms with van der Waals surface area (Å²) in [5.41, 5.74) is 0.749. The largest absolute Gasteiger partial charge is 0.493 e. The summed E-state index contributed by atoms with van der Waals surface area (Å²) >= 11 is 0. The van der Waals surface area contributed by atoms with Crippen molar-refractivity contribution in [2.45, 2.75) is 25.9 Å². The molecule has 0 aliphatic carbocycles. The summed E-state index contributed by atoms with van der Waals surface area (Å²) in [6.07, 6.45) is 1.73. The highest BCUT2D eigenvalue weighted by Gasteiger charge is 2.11. The second-order valence-corrected chi connectivity index (χ2v) is 6.55. The fourth-order valence-electron chi connectivity index (χ4n) is 1.61. The van der Waals surface area contributed by atoms with Crippen LogP contribution >= 0.6 is 0 Å². The van der Waals surface area contributed by atoms with Crippen LogP contribution in [0.1, 0.15) is 31.4 Å². The molecular formula is C13H20O4S.